The smallest absolute Gasteiger partial charge is 0.396 e. The summed E-state index contributed by atoms with van der Waals surface area (Å²) in [5.41, 5.74) is 0. The van der Waals surface area contributed by atoms with Gasteiger partial charge in [-0.1, -0.05) is 16.9 Å². The van der Waals surface area contributed by atoms with E-state index < -0.39 is 12.1 Å². The minimum absolute atomic E-state index is 0.162. The molecule has 0 aliphatic heterocycles. The van der Waals surface area contributed by atoms with E-state index in [2.05, 4.69) is 14.9 Å². The Labute approximate surface area is 91.0 Å². The predicted molar refractivity (Wildman–Crippen MR) is 52.7 cm³/mol. The van der Waals surface area contributed by atoms with Crippen LogP contribution in [0.3, 0.4) is 0 Å². The second kappa shape index (κ2) is 5.72. The summed E-state index contributed by atoms with van der Waals surface area (Å²) in [6, 6.07) is 0. The Bertz CT molecular complexity index is 326. The number of aliphatic hydroxyl groups is 1. The summed E-state index contributed by atoms with van der Waals surface area (Å²) in [6.45, 7) is 3.60. The number of aromatic nitrogens is 2. The highest BCUT2D eigenvalue weighted by Crippen LogP contribution is 2.17. The Kier molecular flexibility index (Phi) is 4.57. The number of ether oxygens (including phenoxy) is 1. The monoisotopic (exact) mass is 232 g/mol. The number of thioether (sulfide) groups is 1. The van der Waals surface area contributed by atoms with E-state index in [-0.39, 0.29) is 17.7 Å². The van der Waals surface area contributed by atoms with Crippen LogP contribution in [0, 0.1) is 0 Å². The van der Waals surface area contributed by atoms with Crippen molar-refractivity contribution in [2.45, 2.75) is 25.2 Å². The highest BCUT2D eigenvalue weighted by Gasteiger charge is 2.16. The van der Waals surface area contributed by atoms with Crippen molar-refractivity contribution in [3.63, 3.8) is 0 Å². The van der Waals surface area contributed by atoms with E-state index in [0.29, 0.717) is 5.75 Å². The number of nitrogens with zero attached hydrogens (tertiary/aromatic N) is 2. The van der Waals surface area contributed by atoms with Gasteiger partial charge in [-0.05, 0) is 13.8 Å². The predicted octanol–water partition coefficient (Wildman–Crippen LogP) is 0.719. The van der Waals surface area contributed by atoms with Crippen LogP contribution in [0.4, 0.5) is 0 Å². The zero-order valence-corrected chi connectivity index (χ0v) is 9.28. The van der Waals surface area contributed by atoms with Gasteiger partial charge in [-0.15, -0.1) is 5.10 Å². The molecule has 15 heavy (non-hydrogen) atoms. The summed E-state index contributed by atoms with van der Waals surface area (Å²) in [4.78, 5) is 11.1. The van der Waals surface area contributed by atoms with Crippen LogP contribution < -0.4 is 0 Å². The normalized spacial score (nSPS) is 12.5. The van der Waals surface area contributed by atoms with Gasteiger partial charge in [0.25, 0.3) is 5.22 Å². The van der Waals surface area contributed by atoms with Gasteiger partial charge in [-0.3, -0.25) is 0 Å². The molecule has 6 nitrogen and oxygen atoms in total. The highest BCUT2D eigenvalue weighted by molar-refractivity contribution is 7.99. The van der Waals surface area contributed by atoms with Gasteiger partial charge in [0.2, 0.25) is 0 Å². The zero-order chi connectivity index (χ0) is 11.3. The van der Waals surface area contributed by atoms with Gasteiger partial charge in [0.05, 0.1) is 12.7 Å². The van der Waals surface area contributed by atoms with E-state index in [4.69, 9.17) is 9.52 Å². The summed E-state index contributed by atoms with van der Waals surface area (Å²) in [5, 5.41) is 16.4. The fraction of sp³-hybridized carbons (Fsp3) is 0.625. The minimum Gasteiger partial charge on any atom is -0.459 e. The quantitative estimate of drug-likeness (QED) is 0.591. The summed E-state index contributed by atoms with van der Waals surface area (Å²) < 4.78 is 9.68. The van der Waals surface area contributed by atoms with Gasteiger partial charge in [0.1, 0.15) is 0 Å². The highest BCUT2D eigenvalue weighted by atomic mass is 32.2. The molecule has 1 aromatic heterocycles. The Morgan fingerprint density at radius 1 is 1.67 bits per heavy atom. The molecular formula is C8H12N2O4S. The number of aliphatic hydroxyl groups excluding tert-OH is 1. The van der Waals surface area contributed by atoms with Crippen molar-refractivity contribution in [3.05, 3.63) is 5.89 Å². The largest absolute Gasteiger partial charge is 0.459 e. The van der Waals surface area contributed by atoms with Crippen molar-refractivity contribution in [3.8, 4) is 0 Å². The van der Waals surface area contributed by atoms with Crippen LogP contribution in [0.15, 0.2) is 9.64 Å². The van der Waals surface area contributed by atoms with E-state index in [0.717, 1.165) is 0 Å². The Hall–Kier alpha value is -1.08. The number of rotatable bonds is 5. The molecule has 0 aliphatic carbocycles. The lowest BCUT2D eigenvalue weighted by Gasteiger charge is -1.98. The summed E-state index contributed by atoms with van der Waals surface area (Å²) in [7, 11) is 0. The van der Waals surface area contributed by atoms with Crippen LogP contribution in [0.25, 0.3) is 0 Å². The summed E-state index contributed by atoms with van der Waals surface area (Å²) in [6.07, 6.45) is -0.465. The second-order valence-corrected chi connectivity index (χ2v) is 3.72. The van der Waals surface area contributed by atoms with Crippen molar-refractivity contribution in [1.82, 2.24) is 10.2 Å². The van der Waals surface area contributed by atoms with Crippen LogP contribution in [0.5, 0.6) is 0 Å². The maximum Gasteiger partial charge on any atom is 0.396 e. The van der Waals surface area contributed by atoms with Gasteiger partial charge in [-0.25, -0.2) is 4.79 Å². The number of esters is 1. The molecule has 0 saturated heterocycles. The molecule has 0 spiro atoms. The zero-order valence-electron chi connectivity index (χ0n) is 8.47. The lowest BCUT2D eigenvalue weighted by Crippen LogP contribution is -2.04. The van der Waals surface area contributed by atoms with E-state index in [1.54, 1.807) is 13.8 Å². The van der Waals surface area contributed by atoms with Crippen molar-refractivity contribution >= 4 is 17.7 Å². The number of hydrogen-bond donors (Lipinski definition) is 1. The van der Waals surface area contributed by atoms with Gasteiger partial charge >= 0.3 is 11.9 Å². The van der Waals surface area contributed by atoms with Crippen LogP contribution in [0.1, 0.15) is 24.5 Å². The van der Waals surface area contributed by atoms with E-state index >= 15 is 0 Å². The second-order valence-electron chi connectivity index (χ2n) is 2.75. The van der Waals surface area contributed by atoms with Crippen LogP contribution in [-0.4, -0.2) is 39.7 Å². The number of carbonyl (C=O) groups excluding carboxylic acids is 1. The fourth-order valence-corrected chi connectivity index (χ4v) is 1.36. The molecule has 0 aromatic carbocycles. The van der Waals surface area contributed by atoms with Gasteiger partial charge < -0.3 is 14.3 Å². The average molecular weight is 232 g/mol. The molecule has 1 N–H and O–H groups in total. The lowest BCUT2D eigenvalue weighted by atomic mass is 10.5. The molecule has 0 aliphatic rings. The molecule has 0 saturated carbocycles. The maximum atomic E-state index is 11.1. The molecule has 0 fully saturated rings. The maximum absolute atomic E-state index is 11.1. The lowest BCUT2D eigenvalue weighted by molar-refractivity contribution is 0.0475. The minimum atomic E-state index is -0.631. The third kappa shape index (κ3) is 3.88. The first-order valence-electron chi connectivity index (χ1n) is 4.45. The van der Waals surface area contributed by atoms with Gasteiger partial charge in [0.15, 0.2) is 0 Å². The van der Waals surface area contributed by atoms with Crippen LogP contribution in [0.2, 0.25) is 0 Å². The molecule has 0 bridgehead atoms. The molecule has 1 unspecified atom stereocenters. The SMILES string of the molecule is CCOC(=O)c1nnc(SCC(C)O)o1. The summed E-state index contributed by atoms with van der Waals surface area (Å²) >= 11 is 1.19. The first-order valence-corrected chi connectivity index (χ1v) is 5.43. The molecule has 1 atom stereocenters. The third-order valence-electron chi connectivity index (χ3n) is 1.30. The molecule has 7 heteroatoms. The van der Waals surface area contributed by atoms with E-state index in [1.165, 1.54) is 11.8 Å². The first kappa shape index (κ1) is 12.0. The third-order valence-corrected chi connectivity index (χ3v) is 2.37. The number of carbonyl (C=O) groups is 1. The van der Waals surface area contributed by atoms with Crippen LogP contribution >= 0.6 is 11.8 Å². The molecule has 0 amide bonds. The van der Waals surface area contributed by atoms with Crippen molar-refractivity contribution in [2.24, 2.45) is 0 Å². The summed E-state index contributed by atoms with van der Waals surface area (Å²) in [5.74, 6) is -0.358. The Balaban J connectivity index is 2.52. The molecule has 1 aromatic rings. The average Bonchev–Trinajstić information content (AvgIpc) is 2.63. The van der Waals surface area contributed by atoms with Crippen molar-refractivity contribution < 1.29 is 19.1 Å². The Morgan fingerprint density at radius 2 is 2.40 bits per heavy atom. The standard InChI is InChI=1S/C8H12N2O4S/c1-3-13-7(12)6-9-10-8(14-6)15-4-5(2)11/h5,11H,3-4H2,1-2H3. The molecular weight excluding hydrogens is 220 g/mol. The van der Waals surface area contributed by atoms with Crippen LogP contribution in [-0.2, 0) is 4.74 Å². The van der Waals surface area contributed by atoms with Gasteiger partial charge in [-0.2, -0.15) is 0 Å². The van der Waals surface area contributed by atoms with Gasteiger partial charge in [0, 0.05) is 5.75 Å². The molecule has 1 heterocycles. The number of hydrogen-bond acceptors (Lipinski definition) is 7. The molecule has 1 rings (SSSR count). The van der Waals surface area contributed by atoms with E-state index in [1.807, 2.05) is 0 Å². The first-order chi connectivity index (χ1) is 7.13. The van der Waals surface area contributed by atoms with Crippen molar-refractivity contribution in [1.29, 1.82) is 0 Å². The topological polar surface area (TPSA) is 85.5 Å². The Morgan fingerprint density at radius 3 is 3.00 bits per heavy atom. The molecule has 0 radical (unpaired) electrons. The van der Waals surface area contributed by atoms with E-state index in [9.17, 15) is 4.79 Å². The fourth-order valence-electron chi connectivity index (χ4n) is 0.735. The van der Waals surface area contributed by atoms with Crippen molar-refractivity contribution in [2.75, 3.05) is 12.4 Å². The molecule has 84 valence electrons.